The summed E-state index contributed by atoms with van der Waals surface area (Å²) in [4.78, 5) is 11.9. The van der Waals surface area contributed by atoms with E-state index in [1.54, 1.807) is 25.1 Å². The number of unbranched alkanes of at least 4 members (excludes halogenated alkanes) is 2. The van der Waals surface area contributed by atoms with Crippen molar-refractivity contribution >= 4 is 33.2 Å². The molecule has 0 fully saturated rings. The zero-order valence-electron chi connectivity index (χ0n) is 13.9. The SMILES string of the molecule is CCCCCNC(=O)CCN(c1cccc(Cl)c1C)S(C)(=O)=O. The van der Waals surface area contributed by atoms with Gasteiger partial charge in [-0.3, -0.25) is 9.10 Å². The molecule has 1 N–H and O–H groups in total. The molecular formula is C16H25ClN2O3S. The van der Waals surface area contributed by atoms with Gasteiger partial charge in [-0.25, -0.2) is 8.42 Å². The fourth-order valence-corrected chi connectivity index (χ4v) is 3.37. The number of hydrogen-bond acceptors (Lipinski definition) is 3. The second kappa shape index (κ2) is 9.13. The van der Waals surface area contributed by atoms with Gasteiger partial charge < -0.3 is 5.32 Å². The molecule has 23 heavy (non-hydrogen) atoms. The molecule has 0 aromatic heterocycles. The number of nitrogens with one attached hydrogen (secondary N) is 1. The minimum Gasteiger partial charge on any atom is -0.356 e. The van der Waals surface area contributed by atoms with Crippen molar-refractivity contribution in [2.45, 2.75) is 39.5 Å². The Balaban J connectivity index is 2.74. The van der Waals surface area contributed by atoms with Crippen LogP contribution < -0.4 is 9.62 Å². The first-order valence-corrected chi connectivity index (χ1v) is 9.99. The van der Waals surface area contributed by atoms with Crippen molar-refractivity contribution in [1.82, 2.24) is 5.32 Å². The van der Waals surface area contributed by atoms with Gasteiger partial charge in [-0.2, -0.15) is 0 Å². The van der Waals surface area contributed by atoms with Crippen LogP contribution in [0, 0.1) is 6.92 Å². The highest BCUT2D eigenvalue weighted by molar-refractivity contribution is 7.92. The fraction of sp³-hybridized carbons (Fsp3) is 0.562. The van der Waals surface area contributed by atoms with Gasteiger partial charge in [0.25, 0.3) is 0 Å². The van der Waals surface area contributed by atoms with Crippen LogP contribution >= 0.6 is 11.6 Å². The summed E-state index contributed by atoms with van der Waals surface area (Å²) in [5.74, 6) is -0.144. The highest BCUT2D eigenvalue weighted by Crippen LogP contribution is 2.28. The van der Waals surface area contributed by atoms with Crippen molar-refractivity contribution in [1.29, 1.82) is 0 Å². The summed E-state index contributed by atoms with van der Waals surface area (Å²) in [6, 6.07) is 5.11. The minimum atomic E-state index is -3.49. The average molecular weight is 361 g/mol. The largest absolute Gasteiger partial charge is 0.356 e. The number of rotatable bonds is 9. The first-order valence-electron chi connectivity index (χ1n) is 7.77. The number of carbonyl (C=O) groups excluding carboxylic acids is 1. The van der Waals surface area contributed by atoms with E-state index in [2.05, 4.69) is 12.2 Å². The lowest BCUT2D eigenvalue weighted by Crippen LogP contribution is -2.35. The van der Waals surface area contributed by atoms with Gasteiger partial charge in [0.1, 0.15) is 0 Å². The standard InChI is InChI=1S/C16H25ClN2O3S/c1-4-5-6-11-18-16(20)10-12-19(23(3,21)22)15-9-7-8-14(17)13(15)2/h7-9H,4-6,10-12H2,1-3H3,(H,18,20). The summed E-state index contributed by atoms with van der Waals surface area (Å²) in [5, 5.41) is 3.32. The highest BCUT2D eigenvalue weighted by atomic mass is 35.5. The van der Waals surface area contributed by atoms with Gasteiger partial charge in [0.05, 0.1) is 11.9 Å². The van der Waals surface area contributed by atoms with Crippen LogP contribution in [0.4, 0.5) is 5.69 Å². The number of halogens is 1. The molecule has 130 valence electrons. The molecule has 1 rings (SSSR count). The monoisotopic (exact) mass is 360 g/mol. The van der Waals surface area contributed by atoms with E-state index in [0.29, 0.717) is 22.8 Å². The smallest absolute Gasteiger partial charge is 0.232 e. The van der Waals surface area contributed by atoms with Crippen LogP contribution in [0.3, 0.4) is 0 Å². The third-order valence-corrected chi connectivity index (χ3v) is 5.14. The first kappa shape index (κ1) is 19.8. The van der Waals surface area contributed by atoms with Crippen molar-refractivity contribution < 1.29 is 13.2 Å². The van der Waals surface area contributed by atoms with Crippen LogP contribution in [0.1, 0.15) is 38.2 Å². The second-order valence-electron chi connectivity index (χ2n) is 5.53. The van der Waals surface area contributed by atoms with E-state index in [-0.39, 0.29) is 18.9 Å². The van der Waals surface area contributed by atoms with Gasteiger partial charge in [-0.15, -0.1) is 0 Å². The molecule has 0 heterocycles. The van der Waals surface area contributed by atoms with Crippen molar-refractivity contribution in [3.05, 3.63) is 28.8 Å². The Labute approximate surface area is 144 Å². The van der Waals surface area contributed by atoms with Crippen LogP contribution in [0.15, 0.2) is 18.2 Å². The maximum atomic E-state index is 12.1. The van der Waals surface area contributed by atoms with Crippen LogP contribution in [0.25, 0.3) is 0 Å². The number of carbonyl (C=O) groups is 1. The summed E-state index contributed by atoms with van der Waals surface area (Å²) in [6.45, 7) is 4.58. The molecule has 1 amide bonds. The molecule has 1 aromatic carbocycles. The molecule has 0 unspecified atom stereocenters. The molecule has 0 atom stereocenters. The highest BCUT2D eigenvalue weighted by Gasteiger charge is 2.20. The number of anilines is 1. The minimum absolute atomic E-state index is 0.0969. The third kappa shape index (κ3) is 6.39. The van der Waals surface area contributed by atoms with E-state index in [9.17, 15) is 13.2 Å². The van der Waals surface area contributed by atoms with E-state index >= 15 is 0 Å². The van der Waals surface area contributed by atoms with Crippen molar-refractivity contribution in [3.63, 3.8) is 0 Å². The normalized spacial score (nSPS) is 11.3. The lowest BCUT2D eigenvalue weighted by atomic mass is 10.2. The van der Waals surface area contributed by atoms with Crippen molar-refractivity contribution in [2.24, 2.45) is 0 Å². The van der Waals surface area contributed by atoms with E-state index in [0.717, 1.165) is 25.5 Å². The van der Waals surface area contributed by atoms with Crippen LogP contribution in [0.5, 0.6) is 0 Å². The molecule has 0 aliphatic carbocycles. The summed E-state index contributed by atoms with van der Waals surface area (Å²) in [5.41, 5.74) is 1.20. The van der Waals surface area contributed by atoms with Gasteiger partial charge >= 0.3 is 0 Å². The number of amides is 1. The van der Waals surface area contributed by atoms with Crippen LogP contribution in [0.2, 0.25) is 5.02 Å². The molecule has 0 radical (unpaired) electrons. The molecular weight excluding hydrogens is 336 g/mol. The van der Waals surface area contributed by atoms with Crippen LogP contribution in [-0.4, -0.2) is 33.7 Å². The first-order chi connectivity index (χ1) is 10.8. The van der Waals surface area contributed by atoms with Gasteiger partial charge in [-0.05, 0) is 31.0 Å². The number of hydrogen-bond donors (Lipinski definition) is 1. The van der Waals surface area contributed by atoms with E-state index in [1.807, 2.05) is 0 Å². The third-order valence-electron chi connectivity index (χ3n) is 3.55. The average Bonchev–Trinajstić information content (AvgIpc) is 2.46. The molecule has 1 aromatic rings. The molecule has 7 heteroatoms. The lowest BCUT2D eigenvalue weighted by molar-refractivity contribution is -0.120. The molecule has 0 aliphatic rings. The molecule has 0 spiro atoms. The molecule has 5 nitrogen and oxygen atoms in total. The number of sulfonamides is 1. The Hall–Kier alpha value is -1.27. The summed E-state index contributed by atoms with van der Waals surface area (Å²) in [6.07, 6.45) is 4.34. The topological polar surface area (TPSA) is 66.5 Å². The molecule has 0 aliphatic heterocycles. The Kier molecular flexibility index (Phi) is 7.85. The lowest BCUT2D eigenvalue weighted by Gasteiger charge is -2.24. The van der Waals surface area contributed by atoms with E-state index in [1.165, 1.54) is 4.31 Å². The fourth-order valence-electron chi connectivity index (χ4n) is 2.23. The zero-order chi connectivity index (χ0) is 17.5. The summed E-state index contributed by atoms with van der Waals surface area (Å²) in [7, 11) is -3.49. The van der Waals surface area contributed by atoms with Gasteiger partial charge in [0.15, 0.2) is 0 Å². The Morgan fingerprint density at radius 2 is 2.00 bits per heavy atom. The Bertz CT molecular complexity index is 632. The van der Waals surface area contributed by atoms with E-state index in [4.69, 9.17) is 11.6 Å². The van der Waals surface area contributed by atoms with E-state index < -0.39 is 10.0 Å². The van der Waals surface area contributed by atoms with Crippen molar-refractivity contribution in [2.75, 3.05) is 23.7 Å². The predicted molar refractivity (Wildman–Crippen MR) is 95.5 cm³/mol. The second-order valence-corrected chi connectivity index (χ2v) is 7.84. The van der Waals surface area contributed by atoms with Gasteiger partial charge in [0, 0.05) is 24.5 Å². The van der Waals surface area contributed by atoms with Crippen LogP contribution in [-0.2, 0) is 14.8 Å². The van der Waals surface area contributed by atoms with Crippen molar-refractivity contribution in [3.8, 4) is 0 Å². The Morgan fingerprint density at radius 1 is 1.30 bits per heavy atom. The number of nitrogens with zero attached hydrogens (tertiary/aromatic N) is 1. The Morgan fingerprint density at radius 3 is 2.61 bits per heavy atom. The maximum Gasteiger partial charge on any atom is 0.232 e. The summed E-state index contributed by atoms with van der Waals surface area (Å²) >= 11 is 6.07. The molecule has 0 saturated carbocycles. The predicted octanol–water partition coefficient (Wildman–Crippen LogP) is 3.11. The molecule has 0 bridgehead atoms. The van der Waals surface area contributed by atoms with Gasteiger partial charge in [-0.1, -0.05) is 37.4 Å². The number of benzene rings is 1. The quantitative estimate of drug-likeness (QED) is 0.688. The maximum absolute atomic E-state index is 12.1. The molecule has 0 saturated heterocycles. The van der Waals surface area contributed by atoms with Gasteiger partial charge in [0.2, 0.25) is 15.9 Å². The zero-order valence-corrected chi connectivity index (χ0v) is 15.5. The summed E-state index contributed by atoms with van der Waals surface area (Å²) < 4.78 is 25.4.